The molecular weight excluding hydrogens is 667 g/mol. The van der Waals surface area contributed by atoms with Crippen LogP contribution < -0.4 is 4.90 Å². The van der Waals surface area contributed by atoms with Crippen molar-refractivity contribution in [2.24, 2.45) is 0 Å². The minimum Gasteiger partial charge on any atom is -0.310 e. The third-order valence-electron chi connectivity index (χ3n) is 11.4. The van der Waals surface area contributed by atoms with Crippen molar-refractivity contribution in [1.82, 2.24) is 9.55 Å². The highest BCUT2D eigenvalue weighted by molar-refractivity contribution is 5.96. The Morgan fingerprint density at radius 3 is 1.36 bits per heavy atom. The van der Waals surface area contributed by atoms with Gasteiger partial charge < -0.3 is 4.90 Å². The smallest absolute Gasteiger partial charge is 0.145 e. The van der Waals surface area contributed by atoms with Gasteiger partial charge in [-0.05, 0) is 81.9 Å². The van der Waals surface area contributed by atoms with Gasteiger partial charge in [-0.15, -0.1) is 0 Å². The summed E-state index contributed by atoms with van der Waals surface area (Å²) < 4.78 is 2.32. The number of benzene rings is 8. The van der Waals surface area contributed by atoms with Crippen LogP contribution in [-0.4, -0.2) is 9.55 Å². The van der Waals surface area contributed by atoms with Crippen molar-refractivity contribution >= 4 is 17.1 Å². The number of fused-ring (bicyclic) bond motifs is 9. The molecule has 3 nitrogen and oxygen atoms in total. The van der Waals surface area contributed by atoms with E-state index in [0.717, 1.165) is 45.3 Å². The lowest BCUT2D eigenvalue weighted by atomic mass is 9.64. The minimum atomic E-state index is -0.432. The van der Waals surface area contributed by atoms with Gasteiger partial charge >= 0.3 is 0 Å². The molecule has 0 atom stereocenters. The fourth-order valence-corrected chi connectivity index (χ4v) is 9.20. The lowest BCUT2D eigenvalue weighted by Gasteiger charge is -2.45. The SMILES string of the molecule is c1ccc(-c2nc(-c3ccc(N4c5ccccc5C5(c6ccccc6-c6ccccc65)c5ccccc54)cc3)n(-c3ccccc3)c2-c2ccccc2)cc1. The molecule has 0 N–H and O–H groups in total. The number of aromatic nitrogens is 2. The van der Waals surface area contributed by atoms with Crippen LogP contribution in [0.2, 0.25) is 0 Å². The second kappa shape index (κ2) is 12.4. The Morgan fingerprint density at radius 2 is 0.800 bits per heavy atom. The lowest BCUT2D eigenvalue weighted by molar-refractivity contribution is 0.752. The molecule has 1 aliphatic heterocycles. The minimum absolute atomic E-state index is 0.432. The molecule has 2 heterocycles. The molecule has 0 amide bonds. The van der Waals surface area contributed by atoms with Crippen molar-refractivity contribution in [2.45, 2.75) is 5.41 Å². The summed E-state index contributed by atoms with van der Waals surface area (Å²) in [4.78, 5) is 7.90. The van der Waals surface area contributed by atoms with Gasteiger partial charge in [0.15, 0.2) is 0 Å². The van der Waals surface area contributed by atoms with Crippen LogP contribution in [0, 0.1) is 0 Å². The summed E-state index contributed by atoms with van der Waals surface area (Å²) in [5, 5.41) is 0. The molecule has 3 heteroatoms. The van der Waals surface area contributed by atoms with Crippen LogP contribution in [0.4, 0.5) is 17.1 Å². The van der Waals surface area contributed by atoms with Crippen LogP contribution in [0.15, 0.2) is 212 Å². The molecule has 8 aromatic carbocycles. The van der Waals surface area contributed by atoms with Gasteiger partial charge in [-0.25, -0.2) is 4.98 Å². The summed E-state index contributed by atoms with van der Waals surface area (Å²) in [6, 6.07) is 76.6. The van der Waals surface area contributed by atoms with Gasteiger partial charge in [0.2, 0.25) is 0 Å². The second-order valence-corrected chi connectivity index (χ2v) is 14.3. The summed E-state index contributed by atoms with van der Waals surface area (Å²) in [6.07, 6.45) is 0. The molecule has 0 saturated carbocycles. The predicted octanol–water partition coefficient (Wildman–Crippen LogP) is 13.0. The third-order valence-corrected chi connectivity index (χ3v) is 11.4. The molecule has 2 aliphatic rings. The lowest BCUT2D eigenvalue weighted by Crippen LogP contribution is -2.36. The molecule has 1 aromatic heterocycles. The highest BCUT2D eigenvalue weighted by Crippen LogP contribution is 2.63. The van der Waals surface area contributed by atoms with Gasteiger partial charge in [0.25, 0.3) is 0 Å². The Balaban J connectivity index is 1.11. The van der Waals surface area contributed by atoms with E-state index in [1.807, 2.05) is 0 Å². The van der Waals surface area contributed by atoms with Gasteiger partial charge in [-0.1, -0.05) is 164 Å². The fourth-order valence-electron chi connectivity index (χ4n) is 9.20. The highest BCUT2D eigenvalue weighted by atomic mass is 15.2. The molecule has 0 saturated heterocycles. The normalized spacial score (nSPS) is 13.2. The van der Waals surface area contributed by atoms with Crippen molar-refractivity contribution < 1.29 is 0 Å². The predicted molar refractivity (Wildman–Crippen MR) is 225 cm³/mol. The van der Waals surface area contributed by atoms with Gasteiger partial charge in [-0.3, -0.25) is 4.57 Å². The molecular formula is C52H35N3. The average molecular weight is 702 g/mol. The van der Waals surface area contributed by atoms with Crippen LogP contribution in [0.25, 0.3) is 50.7 Å². The zero-order valence-electron chi connectivity index (χ0n) is 30.0. The van der Waals surface area contributed by atoms with Crippen molar-refractivity contribution in [3.8, 4) is 50.7 Å². The molecule has 55 heavy (non-hydrogen) atoms. The number of imidazole rings is 1. The molecule has 0 radical (unpaired) electrons. The number of hydrogen-bond acceptors (Lipinski definition) is 2. The van der Waals surface area contributed by atoms with Crippen LogP contribution >= 0.6 is 0 Å². The van der Waals surface area contributed by atoms with Crippen molar-refractivity contribution in [3.05, 3.63) is 235 Å². The van der Waals surface area contributed by atoms with E-state index in [1.165, 1.54) is 44.8 Å². The van der Waals surface area contributed by atoms with E-state index < -0.39 is 5.41 Å². The van der Waals surface area contributed by atoms with Crippen LogP contribution in [-0.2, 0) is 5.41 Å². The number of anilines is 3. The van der Waals surface area contributed by atoms with E-state index in [-0.39, 0.29) is 0 Å². The maximum absolute atomic E-state index is 5.46. The van der Waals surface area contributed by atoms with E-state index in [9.17, 15) is 0 Å². The molecule has 0 unspecified atom stereocenters. The Kier molecular flexibility index (Phi) is 7.08. The number of hydrogen-bond donors (Lipinski definition) is 0. The molecule has 1 spiro atoms. The van der Waals surface area contributed by atoms with Crippen LogP contribution in [0.3, 0.4) is 0 Å². The topological polar surface area (TPSA) is 21.1 Å². The van der Waals surface area contributed by atoms with E-state index in [0.29, 0.717) is 0 Å². The average Bonchev–Trinajstić information content (AvgIpc) is 3.81. The molecule has 258 valence electrons. The van der Waals surface area contributed by atoms with Crippen molar-refractivity contribution in [3.63, 3.8) is 0 Å². The Morgan fingerprint density at radius 1 is 0.345 bits per heavy atom. The molecule has 0 bridgehead atoms. The van der Waals surface area contributed by atoms with E-state index in [2.05, 4.69) is 222 Å². The summed E-state index contributed by atoms with van der Waals surface area (Å²) in [5.74, 6) is 0.896. The Bertz CT molecular complexity index is 2760. The first-order valence-corrected chi connectivity index (χ1v) is 18.9. The Labute approximate surface area is 321 Å². The summed E-state index contributed by atoms with van der Waals surface area (Å²) in [7, 11) is 0. The molecule has 9 aromatic rings. The zero-order valence-corrected chi connectivity index (χ0v) is 30.0. The van der Waals surface area contributed by atoms with Crippen molar-refractivity contribution in [2.75, 3.05) is 4.90 Å². The van der Waals surface area contributed by atoms with Gasteiger partial charge in [-0.2, -0.15) is 0 Å². The molecule has 11 rings (SSSR count). The summed E-state index contributed by atoms with van der Waals surface area (Å²) in [5.41, 5.74) is 17.2. The highest BCUT2D eigenvalue weighted by Gasteiger charge is 2.51. The third kappa shape index (κ3) is 4.60. The molecule has 1 aliphatic carbocycles. The quantitative estimate of drug-likeness (QED) is 0.178. The first-order valence-electron chi connectivity index (χ1n) is 18.9. The standard InChI is InChI=1S/C52H35N3/c1-4-18-36(19-5-1)49-50(37-20-6-2-7-21-37)55(39-22-8-3-9-23-39)51(53-49)38-32-34-40(35-33-38)54-47-30-16-14-28-45(47)52(46-29-15-17-31-48(46)54)43-26-12-10-24-41(43)42-25-11-13-27-44(42)52/h1-35H. The summed E-state index contributed by atoms with van der Waals surface area (Å²) >= 11 is 0. The number of para-hydroxylation sites is 3. The summed E-state index contributed by atoms with van der Waals surface area (Å²) in [6.45, 7) is 0. The van der Waals surface area contributed by atoms with Gasteiger partial charge in [0.1, 0.15) is 5.82 Å². The van der Waals surface area contributed by atoms with E-state index >= 15 is 0 Å². The first-order chi connectivity index (χ1) is 27.3. The number of rotatable bonds is 5. The maximum atomic E-state index is 5.46. The van der Waals surface area contributed by atoms with Crippen LogP contribution in [0.1, 0.15) is 22.3 Å². The fraction of sp³-hybridized carbons (Fsp3) is 0.0192. The molecule has 0 fully saturated rings. The monoisotopic (exact) mass is 701 g/mol. The number of nitrogens with zero attached hydrogens (tertiary/aromatic N) is 3. The van der Waals surface area contributed by atoms with Gasteiger partial charge in [0.05, 0.1) is 28.2 Å². The Hall–Kier alpha value is -7.23. The van der Waals surface area contributed by atoms with E-state index in [1.54, 1.807) is 0 Å². The maximum Gasteiger partial charge on any atom is 0.145 e. The largest absolute Gasteiger partial charge is 0.310 e. The van der Waals surface area contributed by atoms with E-state index in [4.69, 9.17) is 4.98 Å². The van der Waals surface area contributed by atoms with Crippen molar-refractivity contribution in [1.29, 1.82) is 0 Å². The van der Waals surface area contributed by atoms with Gasteiger partial charge in [0, 0.05) is 28.1 Å². The zero-order chi connectivity index (χ0) is 36.3. The van der Waals surface area contributed by atoms with Crippen LogP contribution in [0.5, 0.6) is 0 Å². The second-order valence-electron chi connectivity index (χ2n) is 14.3. The first kappa shape index (κ1) is 31.3.